The number of pyridine rings is 1. The van der Waals surface area contributed by atoms with Gasteiger partial charge >= 0.3 is 0 Å². The first-order chi connectivity index (χ1) is 13.5. The summed E-state index contributed by atoms with van der Waals surface area (Å²) in [5.41, 5.74) is 11.8. The SMILES string of the molecule is CN(C)CCOc1ccc2c(c1)Cc1c(C(N)=O)cc(-c3ccccc3)nc1-2. The molecule has 0 saturated carbocycles. The molecule has 28 heavy (non-hydrogen) atoms. The molecule has 4 rings (SSSR count). The Labute approximate surface area is 164 Å². The third-order valence-electron chi connectivity index (χ3n) is 4.97. The number of ether oxygens (including phenoxy) is 1. The van der Waals surface area contributed by atoms with Crippen molar-refractivity contribution < 1.29 is 9.53 Å². The summed E-state index contributed by atoms with van der Waals surface area (Å²) in [4.78, 5) is 19.1. The number of nitrogens with zero attached hydrogens (tertiary/aromatic N) is 2. The molecule has 1 heterocycles. The molecule has 0 aliphatic heterocycles. The van der Waals surface area contributed by atoms with E-state index in [0.29, 0.717) is 18.6 Å². The molecule has 1 aromatic heterocycles. The van der Waals surface area contributed by atoms with Gasteiger partial charge in [-0.25, -0.2) is 4.98 Å². The number of amides is 1. The highest BCUT2D eigenvalue weighted by Gasteiger charge is 2.26. The molecule has 2 aromatic carbocycles. The minimum atomic E-state index is -0.425. The predicted molar refractivity (Wildman–Crippen MR) is 110 cm³/mol. The number of hydrogen-bond acceptors (Lipinski definition) is 4. The highest BCUT2D eigenvalue weighted by Crippen LogP contribution is 2.40. The van der Waals surface area contributed by atoms with Crippen LogP contribution in [0.15, 0.2) is 54.6 Å². The largest absolute Gasteiger partial charge is 0.492 e. The monoisotopic (exact) mass is 373 g/mol. The first-order valence-corrected chi connectivity index (χ1v) is 9.33. The molecular formula is C23H23N3O2. The number of hydrogen-bond donors (Lipinski definition) is 1. The van der Waals surface area contributed by atoms with Crippen LogP contribution < -0.4 is 10.5 Å². The lowest BCUT2D eigenvalue weighted by Gasteiger charge is -2.12. The van der Waals surface area contributed by atoms with Crippen LogP contribution in [0.5, 0.6) is 5.75 Å². The van der Waals surface area contributed by atoms with Crippen molar-refractivity contribution in [3.05, 3.63) is 71.3 Å². The topological polar surface area (TPSA) is 68.5 Å². The Balaban J connectivity index is 1.72. The highest BCUT2D eigenvalue weighted by atomic mass is 16.5. The van der Waals surface area contributed by atoms with E-state index in [2.05, 4.69) is 4.90 Å². The van der Waals surface area contributed by atoms with Crippen molar-refractivity contribution in [1.29, 1.82) is 0 Å². The van der Waals surface area contributed by atoms with Gasteiger partial charge in [-0.1, -0.05) is 30.3 Å². The van der Waals surface area contributed by atoms with Crippen LogP contribution in [0.2, 0.25) is 0 Å². The minimum absolute atomic E-state index is 0.425. The molecule has 0 atom stereocenters. The van der Waals surface area contributed by atoms with E-state index >= 15 is 0 Å². The zero-order valence-corrected chi connectivity index (χ0v) is 16.1. The van der Waals surface area contributed by atoms with Crippen LogP contribution >= 0.6 is 0 Å². The number of carbonyl (C=O) groups excluding carboxylic acids is 1. The van der Waals surface area contributed by atoms with E-state index in [-0.39, 0.29) is 0 Å². The maximum Gasteiger partial charge on any atom is 0.249 e. The van der Waals surface area contributed by atoms with Crippen LogP contribution in [-0.4, -0.2) is 43.0 Å². The summed E-state index contributed by atoms with van der Waals surface area (Å²) >= 11 is 0. The number of rotatable bonds is 6. The van der Waals surface area contributed by atoms with Gasteiger partial charge in [0.25, 0.3) is 0 Å². The van der Waals surface area contributed by atoms with Gasteiger partial charge in [0.2, 0.25) is 5.91 Å². The predicted octanol–water partition coefficient (Wildman–Crippen LogP) is 3.36. The Morgan fingerprint density at radius 2 is 1.93 bits per heavy atom. The number of likely N-dealkylation sites (N-methyl/N-ethyl adjacent to an activating group) is 1. The van der Waals surface area contributed by atoms with E-state index in [1.165, 1.54) is 0 Å². The molecule has 0 spiro atoms. The molecule has 2 N–H and O–H groups in total. The molecule has 0 bridgehead atoms. The van der Waals surface area contributed by atoms with Crippen molar-refractivity contribution in [2.24, 2.45) is 5.73 Å². The van der Waals surface area contributed by atoms with Crippen LogP contribution in [0.1, 0.15) is 21.5 Å². The Bertz CT molecular complexity index is 1030. The minimum Gasteiger partial charge on any atom is -0.492 e. The average Bonchev–Trinajstić information content (AvgIpc) is 3.05. The van der Waals surface area contributed by atoms with Gasteiger partial charge in [0, 0.05) is 29.7 Å². The van der Waals surface area contributed by atoms with Crippen LogP contribution in [0.3, 0.4) is 0 Å². The summed E-state index contributed by atoms with van der Waals surface area (Å²) < 4.78 is 5.86. The summed E-state index contributed by atoms with van der Waals surface area (Å²) in [6, 6.07) is 17.7. The van der Waals surface area contributed by atoms with E-state index in [1.54, 1.807) is 6.07 Å². The Morgan fingerprint density at radius 1 is 1.14 bits per heavy atom. The Kier molecular flexibility index (Phi) is 4.84. The lowest BCUT2D eigenvalue weighted by atomic mass is 10.0. The van der Waals surface area contributed by atoms with Crippen molar-refractivity contribution in [1.82, 2.24) is 9.88 Å². The van der Waals surface area contributed by atoms with Gasteiger partial charge in [-0.15, -0.1) is 0 Å². The van der Waals surface area contributed by atoms with Gasteiger partial charge in [-0.05, 0) is 49.5 Å². The smallest absolute Gasteiger partial charge is 0.249 e. The van der Waals surface area contributed by atoms with Crippen molar-refractivity contribution >= 4 is 5.91 Å². The summed E-state index contributed by atoms with van der Waals surface area (Å²) in [5.74, 6) is 0.406. The van der Waals surface area contributed by atoms with E-state index in [9.17, 15) is 4.79 Å². The van der Waals surface area contributed by atoms with Gasteiger partial charge in [0.15, 0.2) is 0 Å². The summed E-state index contributed by atoms with van der Waals surface area (Å²) in [6.07, 6.45) is 0.635. The fourth-order valence-corrected chi connectivity index (χ4v) is 3.52. The third kappa shape index (κ3) is 3.49. The molecule has 0 unspecified atom stereocenters. The second-order valence-corrected chi connectivity index (χ2v) is 7.26. The van der Waals surface area contributed by atoms with Gasteiger partial charge in [0.1, 0.15) is 12.4 Å². The van der Waals surface area contributed by atoms with E-state index in [4.69, 9.17) is 15.5 Å². The number of nitrogens with two attached hydrogens (primary N) is 1. The quantitative estimate of drug-likeness (QED) is 0.563. The Morgan fingerprint density at radius 3 is 2.64 bits per heavy atom. The second kappa shape index (κ2) is 7.44. The number of carbonyl (C=O) groups is 1. The van der Waals surface area contributed by atoms with Crippen molar-refractivity contribution in [2.45, 2.75) is 6.42 Å². The molecule has 0 radical (unpaired) electrons. The fourth-order valence-electron chi connectivity index (χ4n) is 3.52. The number of benzene rings is 2. The van der Waals surface area contributed by atoms with Gasteiger partial charge in [-0.2, -0.15) is 0 Å². The first kappa shape index (κ1) is 18.2. The van der Waals surface area contributed by atoms with Crippen molar-refractivity contribution in [3.63, 3.8) is 0 Å². The highest BCUT2D eigenvalue weighted by molar-refractivity contribution is 5.98. The molecule has 142 valence electrons. The molecule has 0 saturated heterocycles. The number of aromatic nitrogens is 1. The van der Waals surface area contributed by atoms with Crippen molar-refractivity contribution in [2.75, 3.05) is 27.2 Å². The van der Waals surface area contributed by atoms with Crippen LogP contribution in [0, 0.1) is 0 Å². The normalized spacial score (nSPS) is 12.0. The first-order valence-electron chi connectivity index (χ1n) is 9.33. The fraction of sp³-hybridized carbons (Fsp3) is 0.217. The molecule has 1 aliphatic carbocycles. The van der Waals surface area contributed by atoms with E-state index in [0.717, 1.165) is 45.9 Å². The Hall–Kier alpha value is -3.18. The maximum atomic E-state index is 12.1. The lowest BCUT2D eigenvalue weighted by Crippen LogP contribution is -2.19. The van der Waals surface area contributed by atoms with Gasteiger partial charge in [-0.3, -0.25) is 4.79 Å². The van der Waals surface area contributed by atoms with Crippen molar-refractivity contribution in [3.8, 4) is 28.3 Å². The molecule has 5 heteroatoms. The zero-order valence-electron chi connectivity index (χ0n) is 16.1. The molecular weight excluding hydrogens is 350 g/mol. The molecule has 1 aliphatic rings. The molecule has 3 aromatic rings. The standard InChI is InChI=1S/C23H23N3O2/c1-26(2)10-11-28-17-8-9-18-16(12-17)13-19-20(23(24)27)14-21(25-22(18)19)15-6-4-3-5-7-15/h3-9,12,14H,10-11,13H2,1-2H3,(H2,24,27). The van der Waals surface area contributed by atoms with Gasteiger partial charge in [0.05, 0.1) is 11.4 Å². The average molecular weight is 373 g/mol. The summed E-state index contributed by atoms with van der Waals surface area (Å²) in [5, 5.41) is 0. The summed E-state index contributed by atoms with van der Waals surface area (Å²) in [7, 11) is 4.04. The third-order valence-corrected chi connectivity index (χ3v) is 4.97. The van der Waals surface area contributed by atoms with Crippen LogP contribution in [0.4, 0.5) is 0 Å². The van der Waals surface area contributed by atoms with Gasteiger partial charge < -0.3 is 15.4 Å². The maximum absolute atomic E-state index is 12.1. The van der Waals surface area contributed by atoms with Crippen LogP contribution in [0.25, 0.3) is 22.5 Å². The molecule has 0 fully saturated rings. The molecule has 1 amide bonds. The number of fused-ring (bicyclic) bond motifs is 3. The second-order valence-electron chi connectivity index (χ2n) is 7.26. The lowest BCUT2D eigenvalue weighted by molar-refractivity contribution is 0.0999. The van der Waals surface area contributed by atoms with E-state index < -0.39 is 5.91 Å². The number of primary amides is 1. The molecule has 5 nitrogen and oxygen atoms in total. The van der Waals surface area contributed by atoms with E-state index in [1.807, 2.05) is 62.6 Å². The van der Waals surface area contributed by atoms with Crippen LogP contribution in [-0.2, 0) is 6.42 Å². The zero-order chi connectivity index (χ0) is 19.7. The summed E-state index contributed by atoms with van der Waals surface area (Å²) in [6.45, 7) is 1.48.